The topological polar surface area (TPSA) is 85.4 Å². The Bertz CT molecular complexity index is 801. The Morgan fingerprint density at radius 3 is 2.61 bits per heavy atom. The molecule has 1 N–H and O–H groups in total. The average molecular weight is 395 g/mol. The number of rotatable bonds is 6. The van der Waals surface area contributed by atoms with Gasteiger partial charge in [-0.1, -0.05) is 29.3 Å². The zero-order valence-electron chi connectivity index (χ0n) is 11.9. The van der Waals surface area contributed by atoms with E-state index in [1.165, 1.54) is 18.3 Å². The van der Waals surface area contributed by atoms with Gasteiger partial charge in [-0.05, 0) is 19.1 Å². The first-order valence-corrected chi connectivity index (χ1v) is 9.46. The Hall–Kier alpha value is -1.35. The van der Waals surface area contributed by atoms with Gasteiger partial charge in [-0.2, -0.15) is 0 Å². The molecule has 6 nitrogen and oxygen atoms in total. The summed E-state index contributed by atoms with van der Waals surface area (Å²) < 4.78 is 31.9. The summed E-state index contributed by atoms with van der Waals surface area (Å²) in [6.45, 7) is 1.99. The second kappa shape index (κ2) is 7.48. The average Bonchev–Trinajstić information content (AvgIpc) is 2.84. The summed E-state index contributed by atoms with van der Waals surface area (Å²) in [4.78, 5) is 15.7. The minimum atomic E-state index is -3.98. The molecule has 0 saturated carbocycles. The highest BCUT2D eigenvalue weighted by molar-refractivity contribution is 7.93. The number of sulfonamides is 1. The van der Waals surface area contributed by atoms with Gasteiger partial charge in [0.2, 0.25) is 0 Å². The summed E-state index contributed by atoms with van der Waals surface area (Å²) >= 11 is 12.8. The maximum Gasteiger partial charge on any atom is 0.311 e. The maximum absolute atomic E-state index is 12.4. The lowest BCUT2D eigenvalue weighted by Gasteiger charge is -2.08. The monoisotopic (exact) mass is 394 g/mol. The van der Waals surface area contributed by atoms with Crippen molar-refractivity contribution in [1.29, 1.82) is 0 Å². The van der Waals surface area contributed by atoms with E-state index in [9.17, 15) is 13.2 Å². The molecule has 124 valence electrons. The van der Waals surface area contributed by atoms with Gasteiger partial charge < -0.3 is 4.74 Å². The number of esters is 1. The van der Waals surface area contributed by atoms with Crippen LogP contribution in [0.25, 0.3) is 0 Å². The lowest BCUT2D eigenvalue weighted by Crippen LogP contribution is -2.13. The molecule has 0 aliphatic heterocycles. The standard InChI is InChI=1S/C13H12Cl2N2O4S2/c1-2-21-11(18)6-8-7-16-13(22-8)17-23(19,20)12-9(14)4-3-5-10(12)15/h3-5,7H,2,6H2,1H3,(H,16,17). The third-order valence-electron chi connectivity index (χ3n) is 2.59. The summed E-state index contributed by atoms with van der Waals surface area (Å²) in [5.41, 5.74) is 0. The van der Waals surface area contributed by atoms with Crippen molar-refractivity contribution in [2.75, 3.05) is 11.3 Å². The third kappa shape index (κ3) is 4.57. The normalized spacial score (nSPS) is 11.3. The SMILES string of the molecule is CCOC(=O)Cc1cnc(NS(=O)(=O)c2c(Cl)cccc2Cl)s1. The molecule has 0 atom stereocenters. The molecule has 0 aliphatic carbocycles. The summed E-state index contributed by atoms with van der Waals surface area (Å²) in [5, 5.41) is 0.127. The van der Waals surface area contributed by atoms with Gasteiger partial charge in [-0.3, -0.25) is 9.52 Å². The van der Waals surface area contributed by atoms with Crippen LogP contribution in [0.5, 0.6) is 0 Å². The Labute approximate surface area is 147 Å². The number of nitrogens with zero attached hydrogens (tertiary/aromatic N) is 1. The van der Waals surface area contributed by atoms with Crippen LogP contribution in [-0.4, -0.2) is 26.0 Å². The molecule has 10 heteroatoms. The third-order valence-corrected chi connectivity index (χ3v) is 5.92. The first-order chi connectivity index (χ1) is 10.8. The zero-order valence-corrected chi connectivity index (χ0v) is 15.0. The van der Waals surface area contributed by atoms with Crippen molar-refractivity contribution in [3.8, 4) is 0 Å². The Balaban J connectivity index is 2.19. The van der Waals surface area contributed by atoms with Crippen molar-refractivity contribution >= 4 is 55.7 Å². The largest absolute Gasteiger partial charge is 0.466 e. The van der Waals surface area contributed by atoms with Gasteiger partial charge in [-0.15, -0.1) is 11.3 Å². The number of carbonyl (C=O) groups excluding carboxylic acids is 1. The first kappa shape index (κ1) is 18.0. The van der Waals surface area contributed by atoms with Crippen LogP contribution in [0.1, 0.15) is 11.8 Å². The number of halogens is 2. The van der Waals surface area contributed by atoms with E-state index in [-0.39, 0.29) is 33.1 Å². The van der Waals surface area contributed by atoms with Crippen molar-refractivity contribution in [2.24, 2.45) is 0 Å². The highest BCUT2D eigenvalue weighted by Crippen LogP contribution is 2.31. The van der Waals surface area contributed by atoms with E-state index in [4.69, 9.17) is 27.9 Å². The molecule has 1 aromatic carbocycles. The van der Waals surface area contributed by atoms with Crippen LogP contribution >= 0.6 is 34.5 Å². The van der Waals surface area contributed by atoms with Gasteiger partial charge in [-0.25, -0.2) is 13.4 Å². The minimum Gasteiger partial charge on any atom is -0.466 e. The number of benzene rings is 1. The van der Waals surface area contributed by atoms with E-state index in [0.717, 1.165) is 11.3 Å². The number of hydrogen-bond donors (Lipinski definition) is 1. The lowest BCUT2D eigenvalue weighted by molar-refractivity contribution is -0.142. The van der Waals surface area contributed by atoms with E-state index >= 15 is 0 Å². The van der Waals surface area contributed by atoms with Gasteiger partial charge in [0.1, 0.15) is 4.90 Å². The molecule has 0 amide bonds. The van der Waals surface area contributed by atoms with E-state index in [0.29, 0.717) is 4.88 Å². The zero-order chi connectivity index (χ0) is 17.0. The van der Waals surface area contributed by atoms with Crippen LogP contribution < -0.4 is 4.72 Å². The molecule has 0 spiro atoms. The summed E-state index contributed by atoms with van der Waals surface area (Å²) in [6, 6.07) is 4.40. The van der Waals surface area contributed by atoms with Gasteiger partial charge >= 0.3 is 5.97 Å². The number of thiazole rings is 1. The van der Waals surface area contributed by atoms with Crippen LogP contribution in [0.4, 0.5) is 5.13 Å². The molecule has 0 bridgehead atoms. The molecule has 1 heterocycles. The molecule has 2 rings (SSSR count). The van der Waals surface area contributed by atoms with E-state index in [1.54, 1.807) is 13.0 Å². The summed E-state index contributed by atoms with van der Waals surface area (Å²) in [5.74, 6) is -0.403. The van der Waals surface area contributed by atoms with Crippen molar-refractivity contribution in [3.63, 3.8) is 0 Å². The minimum absolute atomic E-state index is 0.00769. The number of anilines is 1. The van der Waals surface area contributed by atoms with Gasteiger partial charge in [0.15, 0.2) is 5.13 Å². The maximum atomic E-state index is 12.4. The second-order valence-electron chi connectivity index (χ2n) is 4.27. The number of nitrogens with one attached hydrogen (secondary N) is 1. The summed E-state index contributed by atoms with van der Waals surface area (Å²) in [6.07, 6.45) is 1.44. The van der Waals surface area contributed by atoms with E-state index < -0.39 is 16.0 Å². The van der Waals surface area contributed by atoms with E-state index in [2.05, 4.69) is 9.71 Å². The van der Waals surface area contributed by atoms with Crippen LogP contribution in [0.15, 0.2) is 29.3 Å². The van der Waals surface area contributed by atoms with E-state index in [1.807, 2.05) is 0 Å². The number of aromatic nitrogens is 1. The smallest absolute Gasteiger partial charge is 0.311 e. The highest BCUT2D eigenvalue weighted by Gasteiger charge is 2.23. The fourth-order valence-corrected chi connectivity index (χ4v) is 4.88. The first-order valence-electron chi connectivity index (χ1n) is 6.40. The fraction of sp³-hybridized carbons (Fsp3) is 0.231. The van der Waals surface area contributed by atoms with Gasteiger partial charge in [0, 0.05) is 11.1 Å². The van der Waals surface area contributed by atoms with Crippen molar-refractivity contribution < 1.29 is 17.9 Å². The fourth-order valence-electron chi connectivity index (χ4n) is 1.70. The van der Waals surface area contributed by atoms with Gasteiger partial charge in [0.05, 0.1) is 23.1 Å². The van der Waals surface area contributed by atoms with Crippen molar-refractivity contribution in [1.82, 2.24) is 4.98 Å². The second-order valence-corrected chi connectivity index (χ2v) is 7.82. The Morgan fingerprint density at radius 2 is 2.00 bits per heavy atom. The number of ether oxygens (including phenoxy) is 1. The number of carbonyl (C=O) groups is 1. The molecule has 1 aromatic heterocycles. The lowest BCUT2D eigenvalue weighted by atomic mass is 10.4. The van der Waals surface area contributed by atoms with Crippen molar-refractivity contribution in [3.05, 3.63) is 39.3 Å². The van der Waals surface area contributed by atoms with Gasteiger partial charge in [0.25, 0.3) is 10.0 Å². The molecule has 0 fully saturated rings. The van der Waals surface area contributed by atoms with Crippen molar-refractivity contribution in [2.45, 2.75) is 18.2 Å². The predicted molar refractivity (Wildman–Crippen MR) is 89.7 cm³/mol. The molecule has 2 aromatic rings. The van der Waals surface area contributed by atoms with Crippen LogP contribution in [-0.2, 0) is 26.0 Å². The highest BCUT2D eigenvalue weighted by atomic mass is 35.5. The van der Waals surface area contributed by atoms with Crippen LogP contribution in [0.3, 0.4) is 0 Å². The predicted octanol–water partition coefficient (Wildman–Crippen LogP) is 3.36. The Morgan fingerprint density at radius 1 is 1.35 bits per heavy atom. The number of hydrogen-bond acceptors (Lipinski definition) is 6. The molecular weight excluding hydrogens is 383 g/mol. The molecule has 23 heavy (non-hydrogen) atoms. The molecule has 0 aliphatic rings. The molecule has 0 radical (unpaired) electrons. The summed E-state index contributed by atoms with van der Waals surface area (Å²) in [7, 11) is -3.98. The van der Waals surface area contributed by atoms with Crippen LogP contribution in [0.2, 0.25) is 10.0 Å². The Kier molecular flexibility index (Phi) is 5.85. The quantitative estimate of drug-likeness (QED) is 0.759. The molecular formula is C13H12Cl2N2O4S2. The molecule has 0 saturated heterocycles. The van der Waals surface area contributed by atoms with Crippen LogP contribution in [0, 0.1) is 0 Å². The molecule has 0 unspecified atom stereocenters.